The van der Waals surface area contributed by atoms with E-state index in [4.69, 9.17) is 23.2 Å². The van der Waals surface area contributed by atoms with E-state index in [1.54, 1.807) is 17.0 Å². The number of carbonyl (C=O) groups is 3. The lowest BCUT2D eigenvalue weighted by Crippen LogP contribution is -2.52. The Hall–Kier alpha value is -1.83. The Morgan fingerprint density at radius 1 is 1.22 bits per heavy atom. The van der Waals surface area contributed by atoms with E-state index >= 15 is 0 Å². The van der Waals surface area contributed by atoms with Crippen molar-refractivity contribution in [2.75, 3.05) is 6.61 Å². The predicted octanol–water partition coefficient (Wildman–Crippen LogP) is 1.82. The van der Waals surface area contributed by atoms with Gasteiger partial charge in [0.2, 0.25) is 5.91 Å². The number of halogens is 2. The Labute approximate surface area is 166 Å². The van der Waals surface area contributed by atoms with Crippen molar-refractivity contribution in [2.45, 2.75) is 37.9 Å². The number of amides is 4. The number of hydrogen-bond acceptors (Lipinski definition) is 4. The van der Waals surface area contributed by atoms with Crippen molar-refractivity contribution in [3.05, 3.63) is 33.3 Å². The number of aliphatic hydroxyl groups excluding tert-OH is 1. The van der Waals surface area contributed by atoms with Crippen LogP contribution in [-0.2, 0) is 22.7 Å². The molecule has 3 N–H and O–H groups in total. The highest BCUT2D eigenvalue weighted by Crippen LogP contribution is 2.45. The molecule has 1 aliphatic carbocycles. The molecule has 1 aromatic rings. The van der Waals surface area contributed by atoms with E-state index in [0.29, 0.717) is 23.1 Å². The minimum absolute atomic E-state index is 0.000751. The van der Waals surface area contributed by atoms with Crippen molar-refractivity contribution in [3.8, 4) is 0 Å². The first-order valence-corrected chi connectivity index (χ1v) is 9.59. The smallest absolute Gasteiger partial charge is 0.322 e. The number of nitrogens with zero attached hydrogens (tertiary/aromatic N) is 1. The van der Waals surface area contributed by atoms with Crippen molar-refractivity contribution in [3.63, 3.8) is 0 Å². The van der Waals surface area contributed by atoms with Gasteiger partial charge in [0.25, 0.3) is 5.91 Å². The fourth-order valence-electron chi connectivity index (χ4n) is 4.10. The summed E-state index contributed by atoms with van der Waals surface area (Å²) in [5, 5.41) is 15.7. The summed E-state index contributed by atoms with van der Waals surface area (Å²) in [5.41, 5.74) is 0.718. The zero-order valence-corrected chi connectivity index (χ0v) is 15.9. The van der Waals surface area contributed by atoms with Crippen LogP contribution in [0, 0.1) is 11.8 Å². The van der Waals surface area contributed by atoms with Crippen LogP contribution < -0.4 is 10.6 Å². The molecule has 4 rings (SSSR count). The molecule has 1 saturated heterocycles. The molecule has 4 amide bonds. The van der Waals surface area contributed by atoms with Crippen LogP contribution in [0.3, 0.4) is 0 Å². The van der Waals surface area contributed by atoms with Crippen molar-refractivity contribution < 1.29 is 19.5 Å². The summed E-state index contributed by atoms with van der Waals surface area (Å²) >= 11 is 12.1. The summed E-state index contributed by atoms with van der Waals surface area (Å²) in [6.07, 6.45) is 1.71. The van der Waals surface area contributed by atoms with Crippen LogP contribution in [0.2, 0.25) is 10.0 Å². The largest absolute Gasteiger partial charge is 0.396 e. The number of aliphatic hydroxyl groups is 1. The number of imide groups is 1. The Bertz CT molecular complexity index is 811. The van der Waals surface area contributed by atoms with Gasteiger partial charge >= 0.3 is 6.03 Å². The zero-order chi connectivity index (χ0) is 19.3. The normalized spacial score (nSPS) is 25.2. The van der Waals surface area contributed by atoms with E-state index in [-0.39, 0.29) is 18.2 Å². The maximum absolute atomic E-state index is 13.0. The van der Waals surface area contributed by atoms with Crippen molar-refractivity contribution in [1.82, 2.24) is 15.5 Å². The molecule has 2 aliphatic heterocycles. The van der Waals surface area contributed by atoms with Gasteiger partial charge in [-0.15, -0.1) is 0 Å². The Balaban J connectivity index is 1.52. The van der Waals surface area contributed by atoms with Crippen LogP contribution in [0.1, 0.15) is 30.4 Å². The average Bonchev–Trinajstić information content (AvgIpc) is 3.34. The monoisotopic (exact) mass is 411 g/mol. The fourth-order valence-corrected chi connectivity index (χ4v) is 4.48. The summed E-state index contributed by atoms with van der Waals surface area (Å²) < 4.78 is 0. The second kappa shape index (κ2) is 6.65. The summed E-state index contributed by atoms with van der Waals surface area (Å²) in [7, 11) is 0. The summed E-state index contributed by atoms with van der Waals surface area (Å²) in [6, 6.07) is 2.95. The number of carbonyl (C=O) groups excluding carboxylic acids is 3. The van der Waals surface area contributed by atoms with E-state index < -0.39 is 30.0 Å². The molecule has 0 bridgehead atoms. The van der Waals surface area contributed by atoms with E-state index in [0.717, 1.165) is 24.0 Å². The van der Waals surface area contributed by atoms with Crippen LogP contribution in [0.4, 0.5) is 4.79 Å². The Morgan fingerprint density at radius 2 is 1.81 bits per heavy atom. The van der Waals surface area contributed by atoms with Gasteiger partial charge < -0.3 is 15.3 Å². The predicted molar refractivity (Wildman–Crippen MR) is 98.0 cm³/mol. The van der Waals surface area contributed by atoms with Gasteiger partial charge in [0.05, 0.1) is 22.6 Å². The Kier molecular flexibility index (Phi) is 4.56. The molecule has 1 aromatic carbocycles. The molecule has 144 valence electrons. The molecule has 3 aliphatic rings. The lowest BCUT2D eigenvalue weighted by molar-refractivity contribution is -0.139. The van der Waals surface area contributed by atoms with Crippen LogP contribution in [0.15, 0.2) is 12.1 Å². The quantitative estimate of drug-likeness (QED) is 0.643. The first-order chi connectivity index (χ1) is 12.8. The highest BCUT2D eigenvalue weighted by atomic mass is 35.5. The number of hydrogen-bond donors (Lipinski definition) is 3. The van der Waals surface area contributed by atoms with Gasteiger partial charge in [0.15, 0.2) is 0 Å². The number of nitrogens with one attached hydrogen (secondary N) is 2. The number of fused-ring (bicyclic) bond motifs is 1. The topological polar surface area (TPSA) is 98.7 Å². The lowest BCUT2D eigenvalue weighted by Gasteiger charge is -2.31. The van der Waals surface area contributed by atoms with Crippen molar-refractivity contribution in [2.24, 2.45) is 11.8 Å². The number of urea groups is 1. The second-order valence-corrected chi connectivity index (χ2v) is 8.28. The molecule has 1 saturated carbocycles. The summed E-state index contributed by atoms with van der Waals surface area (Å²) in [4.78, 5) is 38.7. The third kappa shape index (κ3) is 3.17. The van der Waals surface area contributed by atoms with E-state index in [1.165, 1.54) is 0 Å². The molecule has 0 radical (unpaired) electrons. The highest BCUT2D eigenvalue weighted by molar-refractivity contribution is 6.42. The van der Waals surface area contributed by atoms with Crippen LogP contribution in [0.25, 0.3) is 0 Å². The first kappa shape index (κ1) is 18.5. The molecular weight excluding hydrogens is 393 g/mol. The maximum atomic E-state index is 13.0. The molecule has 2 unspecified atom stereocenters. The molecular formula is C18H19Cl2N3O4. The SMILES string of the molecule is O=C1NC(=O)C(CC(CO)C(=O)N2Cc3cc(Cl)c(Cl)cc3C2)(C2CC2)N1. The van der Waals surface area contributed by atoms with Crippen LogP contribution >= 0.6 is 23.2 Å². The zero-order valence-electron chi connectivity index (χ0n) is 14.4. The minimum Gasteiger partial charge on any atom is -0.396 e. The third-order valence-electron chi connectivity index (χ3n) is 5.66. The molecule has 7 nitrogen and oxygen atoms in total. The van der Waals surface area contributed by atoms with Crippen LogP contribution in [-0.4, -0.2) is 40.0 Å². The Morgan fingerprint density at radius 3 is 2.26 bits per heavy atom. The first-order valence-electron chi connectivity index (χ1n) is 8.84. The molecule has 27 heavy (non-hydrogen) atoms. The van der Waals surface area contributed by atoms with Gasteiger partial charge in [0.1, 0.15) is 5.54 Å². The number of benzene rings is 1. The highest BCUT2D eigenvalue weighted by Gasteiger charge is 2.57. The van der Waals surface area contributed by atoms with E-state index in [2.05, 4.69) is 10.6 Å². The van der Waals surface area contributed by atoms with Crippen molar-refractivity contribution in [1.29, 1.82) is 0 Å². The van der Waals surface area contributed by atoms with Gasteiger partial charge in [-0.05, 0) is 48.4 Å². The summed E-state index contributed by atoms with van der Waals surface area (Å²) in [5.74, 6) is -1.45. The van der Waals surface area contributed by atoms with Crippen molar-refractivity contribution >= 4 is 41.0 Å². The van der Waals surface area contributed by atoms with E-state index in [9.17, 15) is 19.5 Å². The third-order valence-corrected chi connectivity index (χ3v) is 6.38. The fraction of sp³-hybridized carbons (Fsp3) is 0.500. The standard InChI is InChI=1S/C18H19Cl2N3O4/c19-13-3-9-6-23(7-10(9)4-14(13)20)15(25)11(8-24)5-18(12-1-2-12)16(26)21-17(27)22-18/h3-4,11-12,24H,1-2,5-8H2,(H2,21,22,26,27). The summed E-state index contributed by atoms with van der Waals surface area (Å²) in [6.45, 7) is 0.345. The van der Waals surface area contributed by atoms with Crippen LogP contribution in [0.5, 0.6) is 0 Å². The number of rotatable bonds is 5. The van der Waals surface area contributed by atoms with E-state index in [1.807, 2.05) is 0 Å². The molecule has 2 heterocycles. The minimum atomic E-state index is -1.11. The lowest BCUT2D eigenvalue weighted by atomic mass is 9.82. The average molecular weight is 412 g/mol. The van der Waals surface area contributed by atoms with Gasteiger partial charge in [-0.2, -0.15) is 0 Å². The second-order valence-electron chi connectivity index (χ2n) is 7.47. The molecule has 2 atom stereocenters. The molecule has 9 heteroatoms. The molecule has 0 aromatic heterocycles. The molecule has 2 fully saturated rings. The van der Waals surface area contributed by atoms with Gasteiger partial charge in [0, 0.05) is 13.1 Å². The molecule has 0 spiro atoms. The van der Waals surface area contributed by atoms with Gasteiger partial charge in [-0.25, -0.2) is 4.79 Å². The van der Waals surface area contributed by atoms with Gasteiger partial charge in [-0.1, -0.05) is 23.2 Å². The van der Waals surface area contributed by atoms with Gasteiger partial charge in [-0.3, -0.25) is 14.9 Å². The maximum Gasteiger partial charge on any atom is 0.322 e.